The van der Waals surface area contributed by atoms with Crippen molar-refractivity contribution in [3.05, 3.63) is 0 Å². The Balaban J connectivity index is 2.39. The highest BCUT2D eigenvalue weighted by atomic mass is 16.3. The van der Waals surface area contributed by atoms with E-state index in [1.807, 2.05) is 4.90 Å². The van der Waals surface area contributed by atoms with E-state index in [-0.39, 0.29) is 12.3 Å². The first kappa shape index (κ1) is 17.4. The Morgan fingerprint density at radius 2 is 1.95 bits per heavy atom. The van der Waals surface area contributed by atoms with Crippen LogP contribution in [0.15, 0.2) is 0 Å². The van der Waals surface area contributed by atoms with Gasteiger partial charge in [0.15, 0.2) is 0 Å². The van der Waals surface area contributed by atoms with Crippen molar-refractivity contribution in [2.75, 3.05) is 26.7 Å². The van der Waals surface area contributed by atoms with Gasteiger partial charge in [-0.2, -0.15) is 0 Å². The van der Waals surface area contributed by atoms with Crippen LogP contribution >= 0.6 is 0 Å². The summed E-state index contributed by atoms with van der Waals surface area (Å²) in [5, 5.41) is 10.4. The average molecular weight is 284 g/mol. The highest BCUT2D eigenvalue weighted by Gasteiger charge is 2.29. The zero-order valence-electron chi connectivity index (χ0n) is 13.9. The summed E-state index contributed by atoms with van der Waals surface area (Å²) >= 11 is 0. The molecule has 1 unspecified atom stereocenters. The Hall–Kier alpha value is -0.610. The third-order valence-corrected chi connectivity index (χ3v) is 4.55. The van der Waals surface area contributed by atoms with Gasteiger partial charge in [0, 0.05) is 25.7 Å². The van der Waals surface area contributed by atoms with Crippen molar-refractivity contribution in [3.63, 3.8) is 0 Å². The van der Waals surface area contributed by atoms with E-state index in [9.17, 15) is 9.90 Å². The lowest BCUT2D eigenvalue weighted by Crippen LogP contribution is -2.43. The molecule has 1 fully saturated rings. The van der Waals surface area contributed by atoms with E-state index in [1.165, 1.54) is 0 Å². The monoisotopic (exact) mass is 284 g/mol. The van der Waals surface area contributed by atoms with Crippen LogP contribution in [0.5, 0.6) is 0 Å². The van der Waals surface area contributed by atoms with Crippen LogP contribution in [0.4, 0.5) is 0 Å². The van der Waals surface area contributed by atoms with Gasteiger partial charge < -0.3 is 14.9 Å². The molecule has 1 aliphatic heterocycles. The number of carbonyl (C=O) groups is 1. The molecule has 118 valence electrons. The minimum Gasteiger partial charge on any atom is -0.390 e. The van der Waals surface area contributed by atoms with Crippen molar-refractivity contribution < 1.29 is 9.90 Å². The van der Waals surface area contributed by atoms with Crippen molar-refractivity contribution in [2.45, 2.75) is 65.0 Å². The number of aliphatic hydroxyl groups is 1. The predicted octanol–water partition coefficient (Wildman–Crippen LogP) is 2.12. The van der Waals surface area contributed by atoms with Crippen molar-refractivity contribution in [1.29, 1.82) is 0 Å². The Labute approximate surface area is 124 Å². The van der Waals surface area contributed by atoms with Crippen molar-refractivity contribution >= 4 is 5.91 Å². The summed E-state index contributed by atoms with van der Waals surface area (Å²) in [4.78, 5) is 16.4. The second kappa shape index (κ2) is 7.41. The second-order valence-corrected chi connectivity index (χ2v) is 7.06. The molecule has 1 atom stereocenters. The van der Waals surface area contributed by atoms with Gasteiger partial charge in [0.25, 0.3) is 0 Å². The van der Waals surface area contributed by atoms with Crippen LogP contribution in [0.3, 0.4) is 0 Å². The predicted molar refractivity (Wildman–Crippen MR) is 82.6 cm³/mol. The van der Waals surface area contributed by atoms with Crippen LogP contribution in [-0.2, 0) is 4.79 Å². The molecule has 1 aliphatic rings. The van der Waals surface area contributed by atoms with E-state index in [0.29, 0.717) is 12.5 Å². The first-order valence-corrected chi connectivity index (χ1v) is 7.91. The smallest absolute Gasteiger partial charge is 0.225 e. The molecule has 4 nitrogen and oxygen atoms in total. The Bertz CT molecular complexity index is 308. The number of hydrogen-bond donors (Lipinski definition) is 1. The Morgan fingerprint density at radius 3 is 2.45 bits per heavy atom. The van der Waals surface area contributed by atoms with Gasteiger partial charge in [-0.25, -0.2) is 0 Å². The van der Waals surface area contributed by atoms with Gasteiger partial charge in [-0.3, -0.25) is 4.79 Å². The summed E-state index contributed by atoms with van der Waals surface area (Å²) in [6.45, 7) is 10.8. The van der Waals surface area contributed by atoms with Gasteiger partial charge in [0.05, 0.1) is 12.0 Å². The Kier molecular flexibility index (Phi) is 6.46. The third kappa shape index (κ3) is 5.80. The largest absolute Gasteiger partial charge is 0.390 e. The van der Waals surface area contributed by atoms with Gasteiger partial charge in [-0.1, -0.05) is 6.92 Å². The molecular weight excluding hydrogens is 252 g/mol. The number of likely N-dealkylation sites (tertiary alicyclic amines) is 1. The molecule has 1 N–H and O–H groups in total. The molecule has 1 saturated heterocycles. The fraction of sp³-hybridized carbons (Fsp3) is 0.938. The van der Waals surface area contributed by atoms with Gasteiger partial charge in [-0.05, 0) is 53.0 Å². The van der Waals surface area contributed by atoms with Gasteiger partial charge in [-0.15, -0.1) is 0 Å². The quantitative estimate of drug-likeness (QED) is 0.812. The number of carbonyl (C=O) groups excluding carboxylic acids is 1. The molecule has 20 heavy (non-hydrogen) atoms. The molecule has 1 heterocycles. The van der Waals surface area contributed by atoms with Crippen LogP contribution in [0.25, 0.3) is 0 Å². The van der Waals surface area contributed by atoms with Crippen molar-refractivity contribution in [2.24, 2.45) is 5.92 Å². The van der Waals surface area contributed by atoms with Crippen LogP contribution in [-0.4, -0.2) is 59.1 Å². The van der Waals surface area contributed by atoms with E-state index in [4.69, 9.17) is 0 Å². The number of amides is 1. The summed E-state index contributed by atoms with van der Waals surface area (Å²) in [6, 6.07) is 0.463. The first-order valence-electron chi connectivity index (χ1n) is 7.91. The summed E-state index contributed by atoms with van der Waals surface area (Å²) in [5.74, 6) is 0.827. The maximum atomic E-state index is 12.3. The normalized spacial score (nSPS) is 20.5. The maximum absolute atomic E-state index is 12.3. The summed E-state index contributed by atoms with van der Waals surface area (Å²) in [5.41, 5.74) is -0.900. The van der Waals surface area contributed by atoms with Crippen molar-refractivity contribution in [3.8, 4) is 0 Å². The number of hydrogen-bond acceptors (Lipinski definition) is 3. The molecule has 0 aromatic heterocycles. The molecule has 1 rings (SSSR count). The lowest BCUT2D eigenvalue weighted by atomic mass is 9.94. The summed E-state index contributed by atoms with van der Waals surface area (Å²) < 4.78 is 0. The first-order chi connectivity index (χ1) is 9.21. The lowest BCUT2D eigenvalue weighted by molar-refractivity contribution is -0.137. The highest BCUT2D eigenvalue weighted by molar-refractivity contribution is 5.77. The zero-order valence-corrected chi connectivity index (χ0v) is 13.9. The maximum Gasteiger partial charge on any atom is 0.225 e. The van der Waals surface area contributed by atoms with E-state index in [2.05, 4.69) is 32.7 Å². The fourth-order valence-electron chi connectivity index (χ4n) is 2.46. The zero-order chi connectivity index (χ0) is 15.3. The standard InChI is InChI=1S/C16H32N2O2/c1-13(2)17(5)11-8-16(4,20)12-15(19)18-9-6-14(3)7-10-18/h13-14,20H,6-12H2,1-5H3. The molecule has 0 aromatic carbocycles. The second-order valence-electron chi connectivity index (χ2n) is 7.06. The summed E-state index contributed by atoms with van der Waals surface area (Å²) in [6.07, 6.45) is 3.05. The van der Waals surface area contributed by atoms with E-state index in [1.54, 1.807) is 6.92 Å². The molecule has 0 bridgehead atoms. The SMILES string of the molecule is CC1CCN(C(=O)CC(C)(O)CCN(C)C(C)C)CC1. The fourth-order valence-corrected chi connectivity index (χ4v) is 2.46. The Morgan fingerprint density at radius 1 is 1.40 bits per heavy atom. The molecule has 1 amide bonds. The van der Waals surface area contributed by atoms with Crippen LogP contribution in [0.2, 0.25) is 0 Å². The van der Waals surface area contributed by atoms with Gasteiger partial charge in [0.1, 0.15) is 0 Å². The van der Waals surface area contributed by atoms with Crippen LogP contribution < -0.4 is 0 Å². The van der Waals surface area contributed by atoms with Gasteiger partial charge >= 0.3 is 0 Å². The molecule has 0 aliphatic carbocycles. The van der Waals surface area contributed by atoms with E-state index in [0.717, 1.165) is 38.4 Å². The number of rotatable bonds is 6. The minimum absolute atomic E-state index is 0.106. The minimum atomic E-state index is -0.900. The topological polar surface area (TPSA) is 43.8 Å². The molecule has 4 heteroatoms. The van der Waals surface area contributed by atoms with Crippen LogP contribution in [0, 0.1) is 5.92 Å². The summed E-state index contributed by atoms with van der Waals surface area (Å²) in [7, 11) is 2.05. The van der Waals surface area contributed by atoms with Crippen LogP contribution in [0.1, 0.15) is 53.4 Å². The molecular formula is C16H32N2O2. The molecule has 0 saturated carbocycles. The lowest BCUT2D eigenvalue weighted by Gasteiger charge is -2.33. The highest BCUT2D eigenvalue weighted by Crippen LogP contribution is 2.21. The molecule has 0 radical (unpaired) electrons. The van der Waals surface area contributed by atoms with E-state index >= 15 is 0 Å². The number of piperidine rings is 1. The van der Waals surface area contributed by atoms with Gasteiger partial charge in [0.2, 0.25) is 5.91 Å². The van der Waals surface area contributed by atoms with E-state index < -0.39 is 5.60 Å². The molecule has 0 spiro atoms. The van der Waals surface area contributed by atoms with Crippen molar-refractivity contribution in [1.82, 2.24) is 9.80 Å². The molecule has 0 aromatic rings. The third-order valence-electron chi connectivity index (χ3n) is 4.55. The number of nitrogens with zero attached hydrogens (tertiary/aromatic N) is 2. The average Bonchev–Trinajstić information content (AvgIpc) is 2.36.